The number of rotatable bonds is 5. The summed E-state index contributed by atoms with van der Waals surface area (Å²) in [6.07, 6.45) is 5.81. The maximum Gasteiger partial charge on any atom is 0.313 e. The Labute approximate surface area is 113 Å². The van der Waals surface area contributed by atoms with Crippen molar-refractivity contribution in [3.05, 3.63) is 12.4 Å². The van der Waals surface area contributed by atoms with Crippen LogP contribution in [0.25, 0.3) is 11.4 Å². The molecule has 0 saturated heterocycles. The lowest BCUT2D eigenvalue weighted by Crippen LogP contribution is -2.03. The van der Waals surface area contributed by atoms with Crippen LogP contribution in [0, 0.1) is 0 Å². The SMILES string of the molecule is Cn1cc(-c2nnc(SCC(=O)O)n2C2CC2)cn1. The number of carboxylic acids is 1. The van der Waals surface area contributed by atoms with Gasteiger partial charge in [-0.05, 0) is 12.8 Å². The molecule has 3 rings (SSSR count). The Morgan fingerprint density at radius 2 is 2.32 bits per heavy atom. The number of carbonyl (C=O) groups is 1. The number of thioether (sulfide) groups is 1. The molecule has 0 aromatic carbocycles. The van der Waals surface area contributed by atoms with E-state index in [1.54, 1.807) is 10.9 Å². The third-order valence-electron chi connectivity index (χ3n) is 2.86. The molecule has 0 bridgehead atoms. The molecule has 2 aromatic heterocycles. The summed E-state index contributed by atoms with van der Waals surface area (Å²) >= 11 is 1.21. The van der Waals surface area contributed by atoms with Crippen molar-refractivity contribution in [1.82, 2.24) is 24.5 Å². The van der Waals surface area contributed by atoms with Crippen LogP contribution in [0.3, 0.4) is 0 Å². The van der Waals surface area contributed by atoms with Crippen LogP contribution in [0.4, 0.5) is 0 Å². The Morgan fingerprint density at radius 3 is 2.89 bits per heavy atom. The number of nitrogens with zero attached hydrogens (tertiary/aromatic N) is 5. The summed E-state index contributed by atoms with van der Waals surface area (Å²) in [5, 5.41) is 21.9. The zero-order valence-corrected chi connectivity index (χ0v) is 11.2. The van der Waals surface area contributed by atoms with E-state index in [0.717, 1.165) is 24.2 Å². The number of hydrogen-bond donors (Lipinski definition) is 1. The molecule has 2 aromatic rings. The lowest BCUT2D eigenvalue weighted by Gasteiger charge is -2.06. The lowest BCUT2D eigenvalue weighted by molar-refractivity contribution is -0.133. The van der Waals surface area contributed by atoms with E-state index in [-0.39, 0.29) is 5.75 Å². The standard InChI is InChI=1S/C11H13N5O2S/c1-15-5-7(4-12-15)10-13-14-11(19-6-9(17)18)16(10)8-2-3-8/h4-5,8H,2-3,6H2,1H3,(H,17,18). The predicted octanol–water partition coefficient (Wildman–Crippen LogP) is 1.19. The van der Waals surface area contributed by atoms with Gasteiger partial charge in [0.15, 0.2) is 11.0 Å². The van der Waals surface area contributed by atoms with E-state index in [1.807, 2.05) is 17.8 Å². The molecule has 0 amide bonds. The van der Waals surface area contributed by atoms with Crippen molar-refractivity contribution in [1.29, 1.82) is 0 Å². The molecule has 1 fully saturated rings. The second kappa shape index (κ2) is 4.69. The highest BCUT2D eigenvalue weighted by Gasteiger charge is 2.30. The summed E-state index contributed by atoms with van der Waals surface area (Å²) in [5.41, 5.74) is 0.907. The van der Waals surface area contributed by atoms with Crippen molar-refractivity contribution < 1.29 is 9.90 Å². The zero-order chi connectivity index (χ0) is 13.4. The predicted molar refractivity (Wildman–Crippen MR) is 68.9 cm³/mol. The minimum Gasteiger partial charge on any atom is -0.481 e. The van der Waals surface area contributed by atoms with Crippen LogP contribution in [0.5, 0.6) is 0 Å². The van der Waals surface area contributed by atoms with E-state index in [0.29, 0.717) is 11.2 Å². The summed E-state index contributed by atoms with van der Waals surface area (Å²) in [7, 11) is 1.85. The van der Waals surface area contributed by atoms with Crippen molar-refractivity contribution >= 4 is 17.7 Å². The van der Waals surface area contributed by atoms with Crippen molar-refractivity contribution in [2.75, 3.05) is 5.75 Å². The minimum atomic E-state index is -0.849. The molecule has 19 heavy (non-hydrogen) atoms. The lowest BCUT2D eigenvalue weighted by atomic mass is 10.3. The van der Waals surface area contributed by atoms with Crippen molar-refractivity contribution in [2.24, 2.45) is 7.05 Å². The molecule has 7 nitrogen and oxygen atoms in total. The summed E-state index contributed by atoms with van der Waals surface area (Å²) in [6, 6.07) is 0.390. The number of aromatic nitrogens is 5. The van der Waals surface area contributed by atoms with Gasteiger partial charge in [-0.15, -0.1) is 10.2 Å². The highest BCUT2D eigenvalue weighted by atomic mass is 32.2. The van der Waals surface area contributed by atoms with Crippen LogP contribution < -0.4 is 0 Å². The Hall–Kier alpha value is -1.83. The Morgan fingerprint density at radius 1 is 1.53 bits per heavy atom. The highest BCUT2D eigenvalue weighted by molar-refractivity contribution is 7.99. The normalized spacial score (nSPS) is 14.8. The van der Waals surface area contributed by atoms with Gasteiger partial charge in [-0.1, -0.05) is 11.8 Å². The fraction of sp³-hybridized carbons (Fsp3) is 0.455. The van der Waals surface area contributed by atoms with Gasteiger partial charge in [0.2, 0.25) is 0 Å². The van der Waals surface area contributed by atoms with Crippen LogP contribution in [0.1, 0.15) is 18.9 Å². The molecule has 8 heteroatoms. The van der Waals surface area contributed by atoms with Crippen LogP contribution in [-0.4, -0.2) is 41.4 Å². The molecular weight excluding hydrogens is 266 g/mol. The Balaban J connectivity index is 1.94. The van der Waals surface area contributed by atoms with Crippen molar-refractivity contribution in [3.8, 4) is 11.4 Å². The fourth-order valence-corrected chi connectivity index (χ4v) is 2.62. The maximum absolute atomic E-state index is 10.7. The number of carboxylic acid groups (broad SMARTS) is 1. The first-order valence-electron chi connectivity index (χ1n) is 5.93. The van der Waals surface area contributed by atoms with Gasteiger partial charge in [0.25, 0.3) is 0 Å². The van der Waals surface area contributed by atoms with Gasteiger partial charge in [-0.3, -0.25) is 14.0 Å². The molecule has 1 aliphatic rings. The first kappa shape index (κ1) is 12.2. The minimum absolute atomic E-state index is 0.00209. The second-order valence-corrected chi connectivity index (χ2v) is 5.43. The number of hydrogen-bond acceptors (Lipinski definition) is 5. The van der Waals surface area contributed by atoms with E-state index < -0.39 is 5.97 Å². The molecular formula is C11H13N5O2S. The Kier molecular flexibility index (Phi) is 3.02. The summed E-state index contributed by atoms with van der Waals surface area (Å²) in [5.74, 6) is -0.0838. The van der Waals surface area contributed by atoms with Crippen molar-refractivity contribution in [2.45, 2.75) is 24.0 Å². The van der Waals surface area contributed by atoms with Gasteiger partial charge in [0.05, 0.1) is 17.5 Å². The third-order valence-corrected chi connectivity index (χ3v) is 3.79. The average molecular weight is 279 g/mol. The van der Waals surface area contributed by atoms with Crippen molar-refractivity contribution in [3.63, 3.8) is 0 Å². The molecule has 1 saturated carbocycles. The topological polar surface area (TPSA) is 85.8 Å². The number of aliphatic carboxylic acids is 1. The largest absolute Gasteiger partial charge is 0.481 e. The van der Waals surface area contributed by atoms with Gasteiger partial charge >= 0.3 is 5.97 Å². The Bertz CT molecular complexity index is 616. The van der Waals surface area contributed by atoms with E-state index in [2.05, 4.69) is 15.3 Å². The summed E-state index contributed by atoms with van der Waals surface area (Å²) in [6.45, 7) is 0. The van der Waals surface area contributed by atoms with E-state index in [4.69, 9.17) is 5.11 Å². The molecule has 0 radical (unpaired) electrons. The molecule has 0 atom stereocenters. The monoisotopic (exact) mass is 279 g/mol. The second-order valence-electron chi connectivity index (χ2n) is 4.49. The molecule has 100 valence electrons. The van der Waals surface area contributed by atoms with Gasteiger partial charge in [-0.2, -0.15) is 5.10 Å². The quantitative estimate of drug-likeness (QED) is 0.827. The molecule has 2 heterocycles. The van der Waals surface area contributed by atoms with Gasteiger partial charge in [0, 0.05) is 19.3 Å². The average Bonchev–Trinajstić information content (AvgIpc) is 2.97. The first-order chi connectivity index (χ1) is 9.15. The fourth-order valence-electron chi connectivity index (χ4n) is 1.90. The van der Waals surface area contributed by atoms with Gasteiger partial charge in [0.1, 0.15) is 0 Å². The molecule has 0 spiro atoms. The smallest absolute Gasteiger partial charge is 0.313 e. The van der Waals surface area contributed by atoms with Gasteiger partial charge < -0.3 is 5.11 Å². The molecule has 0 unspecified atom stereocenters. The van der Waals surface area contributed by atoms with Gasteiger partial charge in [-0.25, -0.2) is 0 Å². The first-order valence-corrected chi connectivity index (χ1v) is 6.92. The molecule has 0 aliphatic heterocycles. The number of aryl methyl sites for hydroxylation is 1. The van der Waals surface area contributed by atoms with E-state index >= 15 is 0 Å². The van der Waals surface area contributed by atoms with Crippen LogP contribution in [0.15, 0.2) is 17.6 Å². The molecule has 1 aliphatic carbocycles. The third kappa shape index (κ3) is 2.48. The van der Waals surface area contributed by atoms with E-state index in [1.165, 1.54) is 11.8 Å². The van der Waals surface area contributed by atoms with Crippen LogP contribution in [-0.2, 0) is 11.8 Å². The van der Waals surface area contributed by atoms with Crippen LogP contribution in [0.2, 0.25) is 0 Å². The summed E-state index contributed by atoms with van der Waals surface area (Å²) < 4.78 is 3.75. The molecule has 1 N–H and O–H groups in total. The highest BCUT2D eigenvalue weighted by Crippen LogP contribution is 2.40. The van der Waals surface area contributed by atoms with E-state index in [9.17, 15) is 4.79 Å². The maximum atomic E-state index is 10.7. The zero-order valence-electron chi connectivity index (χ0n) is 10.4. The summed E-state index contributed by atoms with van der Waals surface area (Å²) in [4.78, 5) is 10.7. The van der Waals surface area contributed by atoms with Crippen LogP contribution >= 0.6 is 11.8 Å².